The van der Waals surface area contributed by atoms with E-state index in [-0.39, 0.29) is 11.9 Å². The molecular formula is C8H9N5O2. The van der Waals surface area contributed by atoms with Crippen molar-refractivity contribution in [3.8, 4) is 0 Å². The highest BCUT2D eigenvalue weighted by atomic mass is 16.4. The lowest BCUT2D eigenvalue weighted by atomic mass is 10.4. The minimum absolute atomic E-state index is 0.0608. The van der Waals surface area contributed by atoms with Crippen LogP contribution >= 0.6 is 0 Å². The zero-order valence-corrected chi connectivity index (χ0v) is 7.94. The van der Waals surface area contributed by atoms with Crippen LogP contribution in [-0.4, -0.2) is 21.1 Å². The van der Waals surface area contributed by atoms with E-state index in [1.54, 1.807) is 6.92 Å². The number of nitrogen functional groups attached to an aromatic ring is 1. The maximum Gasteiger partial charge on any atom is 0.322 e. The van der Waals surface area contributed by atoms with Gasteiger partial charge in [-0.05, 0) is 6.07 Å². The Morgan fingerprint density at radius 2 is 2.40 bits per heavy atom. The van der Waals surface area contributed by atoms with Crippen LogP contribution in [0.15, 0.2) is 16.7 Å². The predicted octanol–water partition coefficient (Wildman–Crippen LogP) is 0.541. The van der Waals surface area contributed by atoms with Gasteiger partial charge in [0.2, 0.25) is 5.89 Å². The summed E-state index contributed by atoms with van der Waals surface area (Å²) < 4.78 is 4.98. The van der Waals surface area contributed by atoms with Gasteiger partial charge in [0, 0.05) is 18.8 Å². The molecule has 0 bridgehead atoms. The Labute approximate surface area is 84.7 Å². The molecule has 0 fully saturated rings. The molecule has 78 valence electrons. The van der Waals surface area contributed by atoms with Crippen LogP contribution < -0.4 is 11.1 Å². The zero-order chi connectivity index (χ0) is 10.8. The smallest absolute Gasteiger partial charge is 0.322 e. The maximum absolute atomic E-state index is 11.5. The fourth-order valence-corrected chi connectivity index (χ4v) is 1.05. The van der Waals surface area contributed by atoms with Crippen molar-refractivity contribution in [1.29, 1.82) is 0 Å². The fraction of sp³-hybridized carbons (Fsp3) is 0.125. The Bertz CT molecular complexity index is 487. The highest BCUT2D eigenvalue weighted by Crippen LogP contribution is 2.08. The van der Waals surface area contributed by atoms with Crippen LogP contribution in [0.3, 0.4) is 0 Å². The van der Waals surface area contributed by atoms with E-state index >= 15 is 0 Å². The van der Waals surface area contributed by atoms with Gasteiger partial charge in [0.1, 0.15) is 5.69 Å². The number of nitrogens with two attached hydrogens (primary N) is 1. The van der Waals surface area contributed by atoms with E-state index in [0.29, 0.717) is 17.3 Å². The topological polar surface area (TPSA) is 110 Å². The van der Waals surface area contributed by atoms with Crippen LogP contribution in [-0.2, 0) is 0 Å². The van der Waals surface area contributed by atoms with Gasteiger partial charge in [0.15, 0.2) is 0 Å². The van der Waals surface area contributed by atoms with Crippen LogP contribution in [0.4, 0.5) is 11.7 Å². The number of nitrogens with zero attached hydrogens (tertiary/aromatic N) is 2. The van der Waals surface area contributed by atoms with Crippen LogP contribution in [0.25, 0.3) is 0 Å². The van der Waals surface area contributed by atoms with E-state index < -0.39 is 0 Å². The quantitative estimate of drug-likeness (QED) is 0.665. The minimum Gasteiger partial charge on any atom is -0.408 e. The van der Waals surface area contributed by atoms with E-state index in [9.17, 15) is 4.79 Å². The largest absolute Gasteiger partial charge is 0.408 e. The lowest BCUT2D eigenvalue weighted by molar-refractivity contribution is 0.102. The second-order valence-corrected chi connectivity index (χ2v) is 2.93. The first kappa shape index (κ1) is 9.25. The highest BCUT2D eigenvalue weighted by molar-refractivity contribution is 6.02. The van der Waals surface area contributed by atoms with E-state index in [1.165, 1.54) is 12.3 Å². The summed E-state index contributed by atoms with van der Waals surface area (Å²) in [5, 5.41) is 9.62. The van der Waals surface area contributed by atoms with E-state index in [4.69, 9.17) is 10.2 Å². The van der Waals surface area contributed by atoms with Crippen molar-refractivity contribution in [2.75, 3.05) is 11.1 Å². The Morgan fingerprint density at radius 1 is 1.60 bits per heavy atom. The molecule has 0 aliphatic carbocycles. The number of H-pyrrole nitrogens is 1. The molecule has 4 N–H and O–H groups in total. The van der Waals surface area contributed by atoms with Gasteiger partial charge in [-0.15, -0.1) is 5.10 Å². The summed E-state index contributed by atoms with van der Waals surface area (Å²) >= 11 is 0. The molecule has 0 saturated heterocycles. The van der Waals surface area contributed by atoms with Crippen LogP contribution in [0.2, 0.25) is 0 Å². The second-order valence-electron chi connectivity index (χ2n) is 2.93. The van der Waals surface area contributed by atoms with Crippen LogP contribution in [0.1, 0.15) is 16.4 Å². The second kappa shape index (κ2) is 3.45. The summed E-state index contributed by atoms with van der Waals surface area (Å²) in [5.74, 6) is 0.00616. The molecular weight excluding hydrogens is 198 g/mol. The van der Waals surface area contributed by atoms with Crippen molar-refractivity contribution in [2.24, 2.45) is 0 Å². The third kappa shape index (κ3) is 1.96. The number of nitrogens with one attached hydrogen (secondary N) is 2. The number of aryl methyl sites for hydroxylation is 1. The molecule has 0 unspecified atom stereocenters. The fourth-order valence-electron chi connectivity index (χ4n) is 1.05. The number of aromatic nitrogens is 3. The number of hydrogen-bond acceptors (Lipinski definition) is 5. The van der Waals surface area contributed by atoms with Crippen LogP contribution in [0.5, 0.6) is 0 Å². The molecule has 0 aromatic carbocycles. The molecule has 15 heavy (non-hydrogen) atoms. The predicted molar refractivity (Wildman–Crippen MR) is 52.2 cm³/mol. The van der Waals surface area contributed by atoms with Gasteiger partial charge in [-0.1, -0.05) is 5.10 Å². The summed E-state index contributed by atoms with van der Waals surface area (Å²) in [6.07, 6.45) is 1.52. The van der Waals surface area contributed by atoms with Crippen molar-refractivity contribution in [3.63, 3.8) is 0 Å². The molecule has 0 radical (unpaired) electrons. The van der Waals surface area contributed by atoms with Gasteiger partial charge in [-0.3, -0.25) is 10.1 Å². The normalized spacial score (nSPS) is 10.2. The average molecular weight is 207 g/mol. The molecule has 2 aromatic heterocycles. The molecule has 0 aliphatic rings. The average Bonchev–Trinajstić information content (AvgIpc) is 2.75. The number of aromatic amines is 1. The number of amides is 1. The van der Waals surface area contributed by atoms with Gasteiger partial charge < -0.3 is 15.1 Å². The maximum atomic E-state index is 11.5. The lowest BCUT2D eigenvalue weighted by Gasteiger charge is -1.95. The molecule has 0 spiro atoms. The van der Waals surface area contributed by atoms with Crippen molar-refractivity contribution in [1.82, 2.24) is 15.2 Å². The number of anilines is 2. The Hall–Kier alpha value is -2.31. The standard InChI is InChI=1S/C8H9N5O2/c1-4-12-13-8(15-4)11-7(14)6-2-5(9)3-10-6/h2-3,10H,9H2,1H3,(H,11,13,14). The van der Waals surface area contributed by atoms with Gasteiger partial charge in [0.05, 0.1) is 0 Å². The van der Waals surface area contributed by atoms with Crippen molar-refractivity contribution >= 4 is 17.6 Å². The van der Waals surface area contributed by atoms with E-state index in [2.05, 4.69) is 20.5 Å². The number of carbonyl (C=O) groups is 1. The van der Waals surface area contributed by atoms with Gasteiger partial charge in [-0.2, -0.15) is 0 Å². The van der Waals surface area contributed by atoms with Gasteiger partial charge >= 0.3 is 6.01 Å². The molecule has 2 aromatic rings. The SMILES string of the molecule is Cc1nnc(NC(=O)c2cc(N)c[nH]2)o1. The number of hydrogen-bond donors (Lipinski definition) is 3. The number of carbonyl (C=O) groups excluding carboxylic acids is 1. The first-order chi connectivity index (χ1) is 7.15. The first-order valence-corrected chi connectivity index (χ1v) is 4.20. The Balaban J connectivity index is 2.10. The molecule has 0 atom stereocenters. The molecule has 0 saturated carbocycles. The first-order valence-electron chi connectivity index (χ1n) is 4.20. The van der Waals surface area contributed by atoms with Crippen molar-refractivity contribution in [3.05, 3.63) is 23.8 Å². The number of rotatable bonds is 2. The highest BCUT2D eigenvalue weighted by Gasteiger charge is 2.11. The van der Waals surface area contributed by atoms with Crippen molar-refractivity contribution < 1.29 is 9.21 Å². The molecule has 7 nitrogen and oxygen atoms in total. The Morgan fingerprint density at radius 3 is 2.93 bits per heavy atom. The molecule has 7 heteroatoms. The molecule has 2 rings (SSSR count). The van der Waals surface area contributed by atoms with Gasteiger partial charge in [0.25, 0.3) is 5.91 Å². The van der Waals surface area contributed by atoms with E-state index in [1.807, 2.05) is 0 Å². The third-order valence-corrected chi connectivity index (χ3v) is 1.70. The molecule has 2 heterocycles. The van der Waals surface area contributed by atoms with E-state index in [0.717, 1.165) is 0 Å². The molecule has 0 aliphatic heterocycles. The van der Waals surface area contributed by atoms with Gasteiger partial charge in [-0.25, -0.2) is 0 Å². The summed E-state index contributed by atoms with van der Waals surface area (Å²) in [5.41, 5.74) is 6.28. The zero-order valence-electron chi connectivity index (χ0n) is 7.94. The summed E-state index contributed by atoms with van der Waals surface area (Å²) in [4.78, 5) is 14.2. The Kier molecular flexibility index (Phi) is 2.13. The summed E-state index contributed by atoms with van der Waals surface area (Å²) in [6, 6.07) is 1.57. The summed E-state index contributed by atoms with van der Waals surface area (Å²) in [6.45, 7) is 1.63. The van der Waals surface area contributed by atoms with Crippen molar-refractivity contribution in [2.45, 2.75) is 6.92 Å². The minimum atomic E-state index is -0.379. The van der Waals surface area contributed by atoms with Crippen LogP contribution in [0, 0.1) is 6.92 Å². The monoisotopic (exact) mass is 207 g/mol. The summed E-state index contributed by atoms with van der Waals surface area (Å²) in [7, 11) is 0. The molecule has 1 amide bonds. The third-order valence-electron chi connectivity index (χ3n) is 1.70. The lowest BCUT2D eigenvalue weighted by Crippen LogP contribution is -2.12.